The van der Waals surface area contributed by atoms with Gasteiger partial charge in [-0.05, 0) is 24.3 Å². The highest BCUT2D eigenvalue weighted by Gasteiger charge is 2.33. The Kier molecular flexibility index (Phi) is 2.70. The Bertz CT molecular complexity index is 586. The maximum atomic E-state index is 11.2. The van der Waals surface area contributed by atoms with Crippen LogP contribution in [0.5, 0.6) is 0 Å². The third-order valence-electron chi connectivity index (χ3n) is 3.55. The minimum absolute atomic E-state index is 0.414. The van der Waals surface area contributed by atoms with Gasteiger partial charge in [-0.3, -0.25) is 4.79 Å². The Morgan fingerprint density at radius 1 is 1.67 bits per heavy atom. The van der Waals surface area contributed by atoms with E-state index < -0.39 is 11.9 Å². The highest BCUT2D eigenvalue weighted by atomic mass is 32.1. The average molecular weight is 262 g/mol. The molecule has 4 nitrogen and oxygen atoms in total. The molecule has 0 radical (unpaired) electrons. The van der Waals surface area contributed by atoms with Crippen LogP contribution in [-0.4, -0.2) is 20.6 Å². The van der Waals surface area contributed by atoms with Crippen molar-refractivity contribution in [1.29, 1.82) is 0 Å². The summed E-state index contributed by atoms with van der Waals surface area (Å²) in [6, 6.07) is 4.11. The number of carbonyl (C=O) groups is 1. The number of rotatable bonds is 3. The van der Waals surface area contributed by atoms with Crippen molar-refractivity contribution < 1.29 is 9.90 Å². The Hall–Kier alpha value is -1.62. The van der Waals surface area contributed by atoms with Crippen LogP contribution >= 0.6 is 11.3 Å². The van der Waals surface area contributed by atoms with Gasteiger partial charge >= 0.3 is 5.97 Å². The normalized spacial score (nSPS) is 17.9. The van der Waals surface area contributed by atoms with Crippen LogP contribution in [0.25, 0.3) is 0 Å². The van der Waals surface area contributed by atoms with E-state index in [1.807, 2.05) is 18.5 Å². The monoisotopic (exact) mass is 262 g/mol. The smallest absolute Gasteiger partial charge is 0.312 e. The van der Waals surface area contributed by atoms with Crippen LogP contribution in [0.2, 0.25) is 0 Å². The zero-order chi connectivity index (χ0) is 12.7. The van der Waals surface area contributed by atoms with Gasteiger partial charge in [0.25, 0.3) is 0 Å². The van der Waals surface area contributed by atoms with E-state index in [0.717, 1.165) is 30.1 Å². The van der Waals surface area contributed by atoms with E-state index in [-0.39, 0.29) is 0 Å². The summed E-state index contributed by atoms with van der Waals surface area (Å²) in [6.45, 7) is 0. The van der Waals surface area contributed by atoms with Crippen LogP contribution < -0.4 is 0 Å². The number of aliphatic carboxylic acids is 1. The molecule has 0 bridgehead atoms. The van der Waals surface area contributed by atoms with Crippen LogP contribution in [0.1, 0.15) is 34.4 Å². The van der Waals surface area contributed by atoms with Crippen LogP contribution in [0.15, 0.2) is 17.5 Å². The lowest BCUT2D eigenvalue weighted by Crippen LogP contribution is -2.08. The second-order valence-corrected chi connectivity index (χ2v) is 5.64. The molecule has 0 amide bonds. The summed E-state index contributed by atoms with van der Waals surface area (Å²) in [6.07, 6.45) is 2.29. The van der Waals surface area contributed by atoms with Crippen molar-refractivity contribution in [3.05, 3.63) is 39.6 Å². The molecule has 2 heterocycles. The first kappa shape index (κ1) is 11.5. The number of thiophene rings is 1. The van der Waals surface area contributed by atoms with Gasteiger partial charge in [0.15, 0.2) is 0 Å². The van der Waals surface area contributed by atoms with E-state index in [1.54, 1.807) is 11.3 Å². The van der Waals surface area contributed by atoms with Crippen molar-refractivity contribution in [3.8, 4) is 0 Å². The molecule has 0 saturated heterocycles. The molecule has 0 fully saturated rings. The molecule has 1 atom stereocenters. The number of hydrogen-bond acceptors (Lipinski definition) is 3. The van der Waals surface area contributed by atoms with Crippen molar-refractivity contribution >= 4 is 17.3 Å². The van der Waals surface area contributed by atoms with E-state index in [1.165, 1.54) is 4.88 Å². The first-order valence-electron chi connectivity index (χ1n) is 5.96. The molecule has 5 heteroatoms. The molecule has 2 aromatic heterocycles. The van der Waals surface area contributed by atoms with Gasteiger partial charge in [0.2, 0.25) is 0 Å². The van der Waals surface area contributed by atoms with Crippen molar-refractivity contribution in [2.45, 2.75) is 25.2 Å². The van der Waals surface area contributed by atoms with Gasteiger partial charge in [0.1, 0.15) is 11.7 Å². The SMILES string of the molecule is Cn1c(Cc2cccs2)nc2c1CCC2C(=O)O. The lowest BCUT2D eigenvalue weighted by atomic mass is 10.1. The highest BCUT2D eigenvalue weighted by molar-refractivity contribution is 7.09. The van der Waals surface area contributed by atoms with Crippen molar-refractivity contribution in [2.75, 3.05) is 0 Å². The van der Waals surface area contributed by atoms with Crippen molar-refractivity contribution in [3.63, 3.8) is 0 Å². The zero-order valence-corrected chi connectivity index (χ0v) is 10.9. The third kappa shape index (κ3) is 1.75. The molecule has 18 heavy (non-hydrogen) atoms. The topological polar surface area (TPSA) is 55.1 Å². The molecule has 94 valence electrons. The molecule has 1 aliphatic rings. The predicted molar refractivity (Wildman–Crippen MR) is 69.0 cm³/mol. The predicted octanol–water partition coefficient (Wildman–Crippen LogP) is 2.19. The summed E-state index contributed by atoms with van der Waals surface area (Å²) in [5.74, 6) is -0.203. The largest absolute Gasteiger partial charge is 0.481 e. The Balaban J connectivity index is 1.94. The fourth-order valence-electron chi connectivity index (χ4n) is 2.57. The quantitative estimate of drug-likeness (QED) is 0.922. The summed E-state index contributed by atoms with van der Waals surface area (Å²) in [5, 5.41) is 11.2. The number of hydrogen-bond donors (Lipinski definition) is 1. The third-order valence-corrected chi connectivity index (χ3v) is 4.42. The van der Waals surface area contributed by atoms with E-state index in [9.17, 15) is 4.79 Å². The van der Waals surface area contributed by atoms with Gasteiger partial charge in [-0.2, -0.15) is 0 Å². The molecule has 0 saturated carbocycles. The summed E-state index contributed by atoms with van der Waals surface area (Å²) in [4.78, 5) is 17.0. The Morgan fingerprint density at radius 3 is 3.17 bits per heavy atom. The number of nitrogens with zero attached hydrogens (tertiary/aromatic N) is 2. The Morgan fingerprint density at radius 2 is 2.50 bits per heavy atom. The van der Waals surface area contributed by atoms with Gasteiger partial charge in [0.05, 0.1) is 5.69 Å². The van der Waals surface area contributed by atoms with E-state index >= 15 is 0 Å². The van der Waals surface area contributed by atoms with Crippen LogP contribution in [0.4, 0.5) is 0 Å². The molecular weight excluding hydrogens is 248 g/mol. The lowest BCUT2D eigenvalue weighted by molar-refractivity contribution is -0.138. The molecular formula is C13H14N2O2S. The van der Waals surface area contributed by atoms with Gasteiger partial charge in [-0.15, -0.1) is 11.3 Å². The number of carboxylic acids is 1. The summed E-state index contributed by atoms with van der Waals surface area (Å²) < 4.78 is 2.07. The number of fused-ring (bicyclic) bond motifs is 1. The second kappa shape index (κ2) is 4.24. The fraction of sp³-hybridized carbons (Fsp3) is 0.385. The first-order chi connectivity index (χ1) is 8.66. The summed E-state index contributed by atoms with van der Waals surface area (Å²) in [5.41, 5.74) is 1.87. The lowest BCUT2D eigenvalue weighted by Gasteiger charge is -2.03. The minimum atomic E-state index is -0.755. The number of imidazole rings is 1. The molecule has 0 aliphatic heterocycles. The molecule has 0 spiro atoms. The minimum Gasteiger partial charge on any atom is -0.481 e. The molecule has 0 aromatic carbocycles. The van der Waals surface area contributed by atoms with E-state index in [0.29, 0.717) is 6.42 Å². The molecule has 2 aromatic rings. The van der Waals surface area contributed by atoms with Gasteiger partial charge in [-0.1, -0.05) is 6.07 Å². The van der Waals surface area contributed by atoms with Crippen LogP contribution in [-0.2, 0) is 24.7 Å². The second-order valence-electron chi connectivity index (χ2n) is 4.60. The van der Waals surface area contributed by atoms with E-state index in [2.05, 4.69) is 15.6 Å². The first-order valence-corrected chi connectivity index (χ1v) is 6.84. The summed E-state index contributed by atoms with van der Waals surface area (Å²) >= 11 is 1.70. The summed E-state index contributed by atoms with van der Waals surface area (Å²) in [7, 11) is 1.99. The molecule has 3 rings (SSSR count). The molecule has 1 unspecified atom stereocenters. The van der Waals surface area contributed by atoms with Gasteiger partial charge < -0.3 is 9.67 Å². The van der Waals surface area contributed by atoms with Crippen molar-refractivity contribution in [1.82, 2.24) is 9.55 Å². The maximum Gasteiger partial charge on any atom is 0.312 e. The van der Waals surface area contributed by atoms with Crippen molar-refractivity contribution in [2.24, 2.45) is 7.05 Å². The van der Waals surface area contributed by atoms with E-state index in [4.69, 9.17) is 5.11 Å². The van der Waals surface area contributed by atoms with Crippen LogP contribution in [0.3, 0.4) is 0 Å². The number of aromatic nitrogens is 2. The molecule has 1 N–H and O–H groups in total. The number of carboxylic acid groups (broad SMARTS) is 1. The van der Waals surface area contributed by atoms with Crippen LogP contribution in [0, 0.1) is 0 Å². The maximum absolute atomic E-state index is 11.2. The molecule has 1 aliphatic carbocycles. The fourth-order valence-corrected chi connectivity index (χ4v) is 3.27. The highest BCUT2D eigenvalue weighted by Crippen LogP contribution is 2.33. The average Bonchev–Trinajstić information content (AvgIpc) is 2.99. The Labute approximate surface area is 109 Å². The van der Waals surface area contributed by atoms with Gasteiger partial charge in [-0.25, -0.2) is 4.98 Å². The standard InChI is InChI=1S/C13H14N2O2S/c1-15-10-5-4-9(13(16)17)12(10)14-11(15)7-8-3-2-6-18-8/h2-3,6,9H,4-5,7H2,1H3,(H,16,17). The van der Waals surface area contributed by atoms with Gasteiger partial charge in [0, 0.05) is 24.0 Å². The zero-order valence-electron chi connectivity index (χ0n) is 10.1.